The molecule has 88 valence electrons. The van der Waals surface area contributed by atoms with Gasteiger partial charge in [-0.3, -0.25) is 0 Å². The molecule has 0 heterocycles. The zero-order chi connectivity index (χ0) is 11.8. The van der Waals surface area contributed by atoms with E-state index in [1.807, 2.05) is 0 Å². The van der Waals surface area contributed by atoms with Gasteiger partial charge in [0.25, 0.3) is 0 Å². The van der Waals surface area contributed by atoms with Gasteiger partial charge in [0, 0.05) is 14.2 Å². The Hall–Kier alpha value is 0.324. The summed E-state index contributed by atoms with van der Waals surface area (Å²) in [6.45, 7) is -1.10. The molecule has 0 saturated heterocycles. The SMILES string of the molecule is CO[Si](F)(Cl)OC.FC(F)(F)CO[SiH3]. The predicted molar refractivity (Wildman–Crippen MR) is 48.7 cm³/mol. The summed E-state index contributed by atoms with van der Waals surface area (Å²) >= 11 is 4.93. The van der Waals surface area contributed by atoms with Crippen molar-refractivity contribution in [2.45, 2.75) is 6.18 Å². The van der Waals surface area contributed by atoms with Crippen LogP contribution >= 0.6 is 11.1 Å². The fourth-order valence-electron chi connectivity index (χ4n) is 0.247. The van der Waals surface area contributed by atoms with Crippen molar-refractivity contribution >= 4 is 29.8 Å². The quantitative estimate of drug-likeness (QED) is 0.432. The highest BCUT2D eigenvalue weighted by Gasteiger charge is 2.34. The van der Waals surface area contributed by atoms with Gasteiger partial charge in [0.2, 0.25) is 0 Å². The van der Waals surface area contributed by atoms with Gasteiger partial charge in [0.15, 0.2) is 0 Å². The molecule has 0 bridgehead atoms. The highest BCUT2D eigenvalue weighted by Crippen LogP contribution is 2.13. The van der Waals surface area contributed by atoms with Crippen molar-refractivity contribution in [1.29, 1.82) is 0 Å². The van der Waals surface area contributed by atoms with Crippen LogP contribution in [0.3, 0.4) is 0 Å². The van der Waals surface area contributed by atoms with E-state index in [1.165, 1.54) is 14.2 Å². The summed E-state index contributed by atoms with van der Waals surface area (Å²) in [5, 5.41) is 0. The molecule has 0 radical (unpaired) electrons. The van der Waals surface area contributed by atoms with E-state index in [0.29, 0.717) is 0 Å². The van der Waals surface area contributed by atoms with Gasteiger partial charge in [-0.05, 0) is 0 Å². The minimum Gasteiger partial charge on any atom is -0.419 e. The molecule has 0 rings (SSSR count). The van der Waals surface area contributed by atoms with E-state index in [2.05, 4.69) is 13.3 Å². The average Bonchev–Trinajstić information content (AvgIpc) is 2.04. The maximum absolute atomic E-state index is 12.0. The number of hydrogen-bond donors (Lipinski definition) is 0. The summed E-state index contributed by atoms with van der Waals surface area (Å²) in [7, 11) is -1.19. The molecule has 14 heavy (non-hydrogen) atoms. The second-order valence-electron chi connectivity index (χ2n) is 1.92. The molecular weight excluding hydrogens is 264 g/mol. The number of halogens is 5. The maximum Gasteiger partial charge on any atom is 0.651 e. The molecule has 0 N–H and O–H groups in total. The van der Waals surface area contributed by atoms with Gasteiger partial charge in [0.05, 0.1) is 0 Å². The van der Waals surface area contributed by atoms with E-state index >= 15 is 0 Å². The molecule has 0 aliphatic rings. The zero-order valence-corrected chi connectivity index (χ0v) is 11.6. The van der Waals surface area contributed by atoms with Gasteiger partial charge in [0.1, 0.15) is 17.1 Å². The summed E-state index contributed by atoms with van der Waals surface area (Å²) in [4.78, 5) is 0. The average molecular weight is 275 g/mol. The van der Waals surface area contributed by atoms with Gasteiger partial charge in [-0.1, -0.05) is 11.1 Å². The smallest absolute Gasteiger partial charge is 0.419 e. The minimum absolute atomic E-state index is 0.150. The lowest BCUT2D eigenvalue weighted by molar-refractivity contribution is -0.152. The van der Waals surface area contributed by atoms with Crippen LogP contribution in [0.4, 0.5) is 17.3 Å². The third kappa shape index (κ3) is 14.8. The summed E-state index contributed by atoms with van der Waals surface area (Å²) in [6, 6.07) is 0. The first-order chi connectivity index (χ1) is 6.18. The molecule has 0 spiro atoms. The van der Waals surface area contributed by atoms with Crippen molar-refractivity contribution < 1.29 is 30.6 Å². The van der Waals surface area contributed by atoms with Gasteiger partial charge in [-0.25, -0.2) is 4.11 Å². The van der Waals surface area contributed by atoms with E-state index in [1.54, 1.807) is 0 Å². The fourth-order valence-corrected chi connectivity index (χ4v) is 0.741. The van der Waals surface area contributed by atoms with E-state index < -0.39 is 21.0 Å². The number of alkyl halides is 3. The Morgan fingerprint density at radius 2 is 1.64 bits per heavy atom. The van der Waals surface area contributed by atoms with Gasteiger partial charge < -0.3 is 13.3 Å². The first-order valence-electron chi connectivity index (χ1n) is 3.22. The van der Waals surface area contributed by atoms with Crippen LogP contribution < -0.4 is 0 Å². The molecule has 0 amide bonds. The molecule has 0 aromatic carbocycles. The van der Waals surface area contributed by atoms with Crippen molar-refractivity contribution in [3.05, 3.63) is 0 Å². The molecule has 0 saturated carbocycles. The number of rotatable bonds is 3. The highest BCUT2D eigenvalue weighted by atomic mass is 35.6. The third-order valence-electron chi connectivity index (χ3n) is 0.783. The van der Waals surface area contributed by atoms with Crippen LogP contribution in [0.2, 0.25) is 0 Å². The Morgan fingerprint density at radius 1 is 1.29 bits per heavy atom. The van der Waals surface area contributed by atoms with Crippen molar-refractivity contribution in [1.82, 2.24) is 0 Å². The van der Waals surface area contributed by atoms with Crippen molar-refractivity contribution in [2.75, 3.05) is 20.8 Å². The van der Waals surface area contributed by atoms with Crippen LogP contribution in [0.1, 0.15) is 0 Å². The monoisotopic (exact) mass is 274 g/mol. The topological polar surface area (TPSA) is 27.7 Å². The van der Waals surface area contributed by atoms with Crippen LogP contribution in [0.15, 0.2) is 0 Å². The predicted octanol–water partition coefficient (Wildman–Crippen LogP) is 0.769. The molecule has 3 nitrogen and oxygen atoms in total. The Labute approximate surface area is 87.9 Å². The van der Waals surface area contributed by atoms with Gasteiger partial charge in [-0.15, -0.1) is 0 Å². The first kappa shape index (κ1) is 16.7. The molecule has 0 unspecified atom stereocenters. The van der Waals surface area contributed by atoms with Crippen LogP contribution in [0, 0.1) is 0 Å². The van der Waals surface area contributed by atoms with Gasteiger partial charge >= 0.3 is 14.4 Å². The molecule has 0 fully saturated rings. The van der Waals surface area contributed by atoms with E-state index in [0.717, 1.165) is 0 Å². The second kappa shape index (κ2) is 7.59. The lowest BCUT2D eigenvalue weighted by Crippen LogP contribution is -2.26. The third-order valence-corrected chi connectivity index (χ3v) is 2.95. The minimum atomic E-state index is -4.14. The van der Waals surface area contributed by atoms with Gasteiger partial charge in [-0.2, -0.15) is 13.2 Å². The highest BCUT2D eigenvalue weighted by molar-refractivity contribution is 7.08. The molecule has 0 aliphatic heterocycles. The Morgan fingerprint density at radius 3 is 1.64 bits per heavy atom. The van der Waals surface area contributed by atoms with E-state index in [4.69, 9.17) is 11.1 Å². The first-order valence-corrected chi connectivity index (χ1v) is 6.74. The summed E-state index contributed by atoms with van der Waals surface area (Å²) in [5.41, 5.74) is 0. The molecule has 0 atom stereocenters. The molecule has 0 aromatic heterocycles. The second-order valence-corrected chi connectivity index (χ2v) is 5.59. The lowest BCUT2D eigenvalue weighted by Gasteiger charge is -2.05. The van der Waals surface area contributed by atoms with E-state index in [9.17, 15) is 17.3 Å². The van der Waals surface area contributed by atoms with Crippen molar-refractivity contribution in [3.63, 3.8) is 0 Å². The number of hydrogen-bond acceptors (Lipinski definition) is 3. The lowest BCUT2D eigenvalue weighted by atomic mass is 10.7. The maximum atomic E-state index is 12.0. The van der Waals surface area contributed by atoms with Crippen LogP contribution in [0.25, 0.3) is 0 Å². The van der Waals surface area contributed by atoms with E-state index in [-0.39, 0.29) is 10.5 Å². The largest absolute Gasteiger partial charge is 0.651 e. The molecule has 0 aromatic rings. The normalized spacial score (nSPS) is 12.2. The van der Waals surface area contributed by atoms with Crippen LogP contribution in [-0.4, -0.2) is 45.7 Å². The van der Waals surface area contributed by atoms with Crippen molar-refractivity contribution in [3.8, 4) is 0 Å². The molecular formula is C4H11ClF4O3Si2. The Bertz CT molecular complexity index is 139. The van der Waals surface area contributed by atoms with Crippen molar-refractivity contribution in [2.24, 2.45) is 0 Å². The summed E-state index contributed by atoms with van der Waals surface area (Å²) in [6.07, 6.45) is -4.14. The van der Waals surface area contributed by atoms with Crippen LogP contribution in [-0.2, 0) is 13.3 Å². The summed E-state index contributed by atoms with van der Waals surface area (Å²) in [5.74, 6) is 0. The molecule has 10 heteroatoms. The Kier molecular flexibility index (Phi) is 9.08. The molecule has 0 aliphatic carbocycles. The van der Waals surface area contributed by atoms with Crippen LogP contribution in [0.5, 0.6) is 0 Å². The zero-order valence-electron chi connectivity index (χ0n) is 7.82. The standard InChI is InChI=1S/C2H6ClFO2Si.C2H5F3OSi/c1-5-7(3,4)6-2;3-2(4,5)1-6-7/h1-2H3;1H2,7H3. The summed E-state index contributed by atoms with van der Waals surface area (Å²) < 4.78 is 57.0. The Balaban J connectivity index is 0. The fraction of sp³-hybridized carbons (Fsp3) is 1.00.